The maximum Gasteiger partial charge on any atom is 0.341 e. The van der Waals surface area contributed by atoms with Crippen LogP contribution in [0.25, 0.3) is 0 Å². The number of rotatable bonds is 9. The highest BCUT2D eigenvalue weighted by Crippen LogP contribution is 2.45. The van der Waals surface area contributed by atoms with Gasteiger partial charge in [-0.1, -0.05) is 11.6 Å². The average Bonchev–Trinajstić information content (AvgIpc) is 3.65. The van der Waals surface area contributed by atoms with E-state index in [1.54, 1.807) is 27.0 Å². The summed E-state index contributed by atoms with van der Waals surface area (Å²) in [6, 6.07) is 4.55. The molecular formula is C29H37ClF2N2O4. The summed E-state index contributed by atoms with van der Waals surface area (Å²) in [5.41, 5.74) is -0.702. The zero-order valence-corrected chi connectivity index (χ0v) is 23.5. The molecule has 1 aliphatic heterocycles. The summed E-state index contributed by atoms with van der Waals surface area (Å²) in [7, 11) is 0. The number of piperidine rings is 1. The van der Waals surface area contributed by atoms with Gasteiger partial charge in [0.05, 0.1) is 11.7 Å². The molecule has 1 aromatic carbocycles. The number of pyridine rings is 1. The molecule has 38 heavy (non-hydrogen) atoms. The zero-order valence-electron chi connectivity index (χ0n) is 22.8. The maximum absolute atomic E-state index is 15.7. The molecule has 0 spiro atoms. The van der Waals surface area contributed by atoms with E-state index in [9.17, 15) is 9.18 Å². The summed E-state index contributed by atoms with van der Waals surface area (Å²) >= 11 is 6.31. The lowest BCUT2D eigenvalue weighted by atomic mass is 9.94. The highest BCUT2D eigenvalue weighted by molar-refractivity contribution is 6.31. The largest absolute Gasteiger partial charge is 0.490 e. The van der Waals surface area contributed by atoms with Crippen molar-refractivity contribution in [2.24, 2.45) is 0 Å². The topological polar surface area (TPSA) is 60.9 Å². The van der Waals surface area contributed by atoms with Crippen molar-refractivity contribution in [2.45, 2.75) is 90.1 Å². The van der Waals surface area contributed by atoms with Crippen LogP contribution < -0.4 is 9.47 Å². The Morgan fingerprint density at radius 3 is 2.47 bits per heavy atom. The first kappa shape index (κ1) is 28.6. The third kappa shape index (κ3) is 7.56. The maximum atomic E-state index is 15.7. The molecule has 1 aromatic heterocycles. The van der Waals surface area contributed by atoms with Gasteiger partial charge in [0.25, 0.3) is 0 Å². The van der Waals surface area contributed by atoms with Crippen molar-refractivity contribution in [1.29, 1.82) is 0 Å². The summed E-state index contributed by atoms with van der Waals surface area (Å²) in [5, 5.41) is 0.456. The average molecular weight is 551 g/mol. The molecule has 0 amide bonds. The van der Waals surface area contributed by atoms with Crippen LogP contribution in [-0.4, -0.2) is 52.9 Å². The van der Waals surface area contributed by atoms with Gasteiger partial charge in [0.15, 0.2) is 0 Å². The van der Waals surface area contributed by atoms with Crippen LogP contribution in [0.15, 0.2) is 24.4 Å². The number of nitrogens with zero attached hydrogens (tertiary/aromatic N) is 2. The van der Waals surface area contributed by atoms with E-state index in [-0.39, 0.29) is 24.2 Å². The van der Waals surface area contributed by atoms with Crippen LogP contribution in [0.2, 0.25) is 5.02 Å². The first-order valence-corrected chi connectivity index (χ1v) is 13.6. The zero-order chi connectivity index (χ0) is 27.7. The molecule has 0 atom stereocenters. The number of aromatic nitrogens is 1. The van der Waals surface area contributed by atoms with Crippen molar-refractivity contribution in [3.05, 3.63) is 51.9 Å². The van der Waals surface area contributed by atoms with Crippen LogP contribution in [0.5, 0.6) is 11.6 Å². The van der Waals surface area contributed by atoms with E-state index in [2.05, 4.69) is 9.88 Å². The minimum atomic E-state index is -1.53. The quantitative estimate of drug-likeness (QED) is 0.317. The summed E-state index contributed by atoms with van der Waals surface area (Å²) < 4.78 is 47.4. The lowest BCUT2D eigenvalue weighted by Gasteiger charge is -2.36. The number of likely N-dealkylation sites (tertiary alicyclic amines) is 1. The van der Waals surface area contributed by atoms with Gasteiger partial charge < -0.3 is 14.2 Å². The summed E-state index contributed by atoms with van der Waals surface area (Å²) in [5.74, 6) is -0.539. The first-order chi connectivity index (χ1) is 17.8. The number of esters is 1. The molecule has 208 valence electrons. The molecule has 6 nitrogen and oxygen atoms in total. The molecule has 0 unspecified atom stereocenters. The predicted octanol–water partition coefficient (Wildman–Crippen LogP) is 6.88. The molecule has 1 aliphatic carbocycles. The van der Waals surface area contributed by atoms with Crippen LogP contribution in [0, 0.1) is 5.82 Å². The van der Waals surface area contributed by atoms with Crippen LogP contribution >= 0.6 is 11.6 Å². The summed E-state index contributed by atoms with van der Waals surface area (Å²) in [6.45, 7) is 10.6. The summed E-state index contributed by atoms with van der Waals surface area (Å²) in [4.78, 5) is 19.0. The Hall–Kier alpha value is -2.45. The highest BCUT2D eigenvalue weighted by atomic mass is 35.5. The van der Waals surface area contributed by atoms with Crippen molar-refractivity contribution >= 4 is 17.6 Å². The van der Waals surface area contributed by atoms with Gasteiger partial charge in [-0.2, -0.15) is 0 Å². The number of benzene rings is 1. The number of carbonyl (C=O) groups excluding carboxylic acids is 1. The number of alkyl halides is 1. The predicted molar refractivity (Wildman–Crippen MR) is 142 cm³/mol. The second-order valence-corrected chi connectivity index (χ2v) is 12.1. The molecule has 0 bridgehead atoms. The fourth-order valence-electron chi connectivity index (χ4n) is 4.48. The molecule has 2 fully saturated rings. The molecule has 1 saturated heterocycles. The Kier molecular flexibility index (Phi) is 8.52. The lowest BCUT2D eigenvalue weighted by molar-refractivity contribution is 0.00625. The molecule has 1 saturated carbocycles. The van der Waals surface area contributed by atoms with E-state index in [0.29, 0.717) is 49.1 Å². The molecule has 2 heterocycles. The third-order valence-corrected chi connectivity index (χ3v) is 6.86. The number of halogens is 3. The van der Waals surface area contributed by atoms with E-state index < -0.39 is 23.1 Å². The van der Waals surface area contributed by atoms with E-state index in [1.807, 2.05) is 19.9 Å². The Labute approximate surface area is 228 Å². The van der Waals surface area contributed by atoms with E-state index >= 15 is 4.39 Å². The summed E-state index contributed by atoms with van der Waals surface area (Å²) in [6.07, 6.45) is 4.15. The van der Waals surface area contributed by atoms with Gasteiger partial charge in [-0.15, -0.1) is 0 Å². The third-order valence-electron chi connectivity index (χ3n) is 6.59. The fourth-order valence-corrected chi connectivity index (χ4v) is 4.72. The Morgan fingerprint density at radius 1 is 1.21 bits per heavy atom. The van der Waals surface area contributed by atoms with Crippen molar-refractivity contribution in [3.63, 3.8) is 0 Å². The lowest BCUT2D eigenvalue weighted by Crippen LogP contribution is -2.44. The van der Waals surface area contributed by atoms with Gasteiger partial charge in [-0.25, -0.2) is 18.6 Å². The highest BCUT2D eigenvalue weighted by Gasteiger charge is 2.37. The Balaban J connectivity index is 1.35. The minimum absolute atomic E-state index is 0.0207. The normalized spacial score (nSPS) is 17.9. The van der Waals surface area contributed by atoms with Crippen LogP contribution in [-0.2, 0) is 11.3 Å². The molecular weight excluding hydrogens is 514 g/mol. The number of carbonyl (C=O) groups is 1. The van der Waals surface area contributed by atoms with E-state index in [1.165, 1.54) is 12.1 Å². The van der Waals surface area contributed by atoms with Gasteiger partial charge in [0.1, 0.15) is 34.5 Å². The van der Waals surface area contributed by atoms with Crippen LogP contribution in [0.1, 0.15) is 87.7 Å². The van der Waals surface area contributed by atoms with Crippen molar-refractivity contribution in [3.8, 4) is 11.6 Å². The van der Waals surface area contributed by atoms with Crippen molar-refractivity contribution in [1.82, 2.24) is 9.88 Å². The molecule has 0 radical (unpaired) electrons. The standard InChI is InChI=1S/C29H37ClF2N2O4/c1-18(2)37-26-23(30)12-19(15-33-26)16-34-10-8-29(32,9-11-34)17-36-25-14-24(31)22(13-21(25)20-6-7-20)27(35)38-28(3,4)5/h12-15,18,20H,6-11,16-17H2,1-5H3. The number of hydrogen-bond donors (Lipinski definition) is 0. The van der Waals surface area contributed by atoms with Gasteiger partial charge in [0.2, 0.25) is 5.88 Å². The number of hydrogen-bond acceptors (Lipinski definition) is 6. The van der Waals surface area contributed by atoms with Crippen molar-refractivity contribution in [2.75, 3.05) is 19.7 Å². The molecule has 9 heteroatoms. The first-order valence-electron chi connectivity index (χ1n) is 13.2. The second kappa shape index (κ2) is 11.3. The fraction of sp³-hybridized carbons (Fsp3) is 0.586. The SMILES string of the molecule is CC(C)Oc1ncc(CN2CCC(F)(COc3cc(F)c(C(=O)OC(C)(C)C)cc3C3CC3)CC2)cc1Cl. The van der Waals surface area contributed by atoms with E-state index in [4.69, 9.17) is 25.8 Å². The smallest absolute Gasteiger partial charge is 0.341 e. The van der Waals surface area contributed by atoms with Gasteiger partial charge >= 0.3 is 5.97 Å². The van der Waals surface area contributed by atoms with Gasteiger partial charge in [-0.3, -0.25) is 4.90 Å². The molecule has 0 N–H and O–H groups in total. The van der Waals surface area contributed by atoms with Crippen molar-refractivity contribution < 1.29 is 27.8 Å². The van der Waals surface area contributed by atoms with E-state index in [0.717, 1.165) is 24.0 Å². The Bertz CT molecular complexity index is 1160. The second-order valence-electron chi connectivity index (χ2n) is 11.7. The molecule has 4 rings (SSSR count). The van der Waals surface area contributed by atoms with Crippen LogP contribution in [0.4, 0.5) is 8.78 Å². The number of ether oxygens (including phenoxy) is 3. The van der Waals surface area contributed by atoms with Gasteiger partial charge in [-0.05, 0) is 89.5 Å². The van der Waals surface area contributed by atoms with Gasteiger partial charge in [0, 0.05) is 31.9 Å². The molecule has 2 aromatic rings. The van der Waals surface area contributed by atoms with Crippen LogP contribution in [0.3, 0.4) is 0 Å². The minimum Gasteiger partial charge on any atom is -0.490 e. The monoisotopic (exact) mass is 550 g/mol. The Morgan fingerprint density at radius 2 is 1.89 bits per heavy atom. The molecule has 2 aliphatic rings.